The highest BCUT2D eigenvalue weighted by Gasteiger charge is 2.28. The lowest BCUT2D eigenvalue weighted by atomic mass is 9.98. The third-order valence-corrected chi connectivity index (χ3v) is 4.31. The van der Waals surface area contributed by atoms with E-state index >= 15 is 0 Å². The van der Waals surface area contributed by atoms with Gasteiger partial charge in [-0.2, -0.15) is 5.10 Å². The van der Waals surface area contributed by atoms with Crippen LogP contribution in [0, 0.1) is 17.0 Å². The summed E-state index contributed by atoms with van der Waals surface area (Å²) in [7, 11) is 0. The predicted molar refractivity (Wildman–Crippen MR) is 88.7 cm³/mol. The van der Waals surface area contributed by atoms with E-state index in [4.69, 9.17) is 0 Å². The molecule has 1 aromatic heterocycles. The van der Waals surface area contributed by atoms with Crippen LogP contribution in [0.3, 0.4) is 0 Å². The third-order valence-electron chi connectivity index (χ3n) is 4.31. The second-order valence-electron chi connectivity index (χ2n) is 5.93. The third kappa shape index (κ3) is 3.22. The molecule has 2 heterocycles. The summed E-state index contributed by atoms with van der Waals surface area (Å²) in [6.07, 6.45) is 6.47. The van der Waals surface area contributed by atoms with Gasteiger partial charge in [0.2, 0.25) is 0 Å². The molecule has 0 aliphatic carbocycles. The average molecular weight is 329 g/mol. The molecular weight excluding hydrogens is 310 g/mol. The molecule has 1 fully saturated rings. The van der Waals surface area contributed by atoms with Gasteiger partial charge in [-0.05, 0) is 38.3 Å². The number of likely N-dealkylation sites (tertiary alicyclic amines) is 1. The summed E-state index contributed by atoms with van der Waals surface area (Å²) in [5.41, 5.74) is 2.11. The number of amides is 2. The summed E-state index contributed by atoms with van der Waals surface area (Å²) in [6.45, 7) is 2.33. The summed E-state index contributed by atoms with van der Waals surface area (Å²) in [5, 5.41) is 20.5. The van der Waals surface area contributed by atoms with E-state index in [1.54, 1.807) is 30.2 Å². The molecule has 8 heteroatoms. The summed E-state index contributed by atoms with van der Waals surface area (Å²) in [4.78, 5) is 24.9. The molecule has 1 saturated heterocycles. The number of anilines is 1. The molecule has 0 saturated carbocycles. The minimum absolute atomic E-state index is 0.00311. The number of nitro groups is 1. The van der Waals surface area contributed by atoms with Gasteiger partial charge in [0.15, 0.2) is 0 Å². The predicted octanol–water partition coefficient (Wildman–Crippen LogP) is 3.39. The average Bonchev–Trinajstić information content (AvgIpc) is 3.09. The molecule has 3 rings (SSSR count). The van der Waals surface area contributed by atoms with Gasteiger partial charge >= 0.3 is 6.03 Å². The second-order valence-corrected chi connectivity index (χ2v) is 5.93. The monoisotopic (exact) mass is 329 g/mol. The van der Waals surface area contributed by atoms with Gasteiger partial charge < -0.3 is 10.2 Å². The van der Waals surface area contributed by atoms with Gasteiger partial charge in [-0.25, -0.2) is 4.79 Å². The summed E-state index contributed by atoms with van der Waals surface area (Å²) in [5.74, 6) is 0. The summed E-state index contributed by atoms with van der Waals surface area (Å²) >= 11 is 0. The van der Waals surface area contributed by atoms with Gasteiger partial charge in [0.1, 0.15) is 0 Å². The molecule has 2 N–H and O–H groups in total. The number of hydrogen-bond acceptors (Lipinski definition) is 4. The fraction of sp³-hybridized carbons (Fsp3) is 0.375. The van der Waals surface area contributed by atoms with Crippen molar-refractivity contribution in [3.63, 3.8) is 0 Å². The Hall–Kier alpha value is -2.90. The number of nitro benzene ring substituents is 1. The molecule has 2 amide bonds. The van der Waals surface area contributed by atoms with Crippen molar-refractivity contribution in [3.8, 4) is 0 Å². The van der Waals surface area contributed by atoms with Gasteiger partial charge in [0.25, 0.3) is 5.69 Å². The fourth-order valence-corrected chi connectivity index (χ4v) is 3.10. The van der Waals surface area contributed by atoms with Crippen molar-refractivity contribution in [2.24, 2.45) is 0 Å². The number of hydrogen-bond donors (Lipinski definition) is 2. The molecule has 0 radical (unpaired) electrons. The summed E-state index contributed by atoms with van der Waals surface area (Å²) < 4.78 is 0. The Kier molecular flexibility index (Phi) is 4.45. The van der Waals surface area contributed by atoms with Crippen LogP contribution < -0.4 is 5.32 Å². The number of nitrogens with one attached hydrogen (secondary N) is 2. The quantitative estimate of drug-likeness (QED) is 0.665. The molecule has 24 heavy (non-hydrogen) atoms. The normalized spacial score (nSPS) is 17.5. The van der Waals surface area contributed by atoms with Crippen LogP contribution in [0.25, 0.3) is 0 Å². The number of rotatable bonds is 3. The van der Waals surface area contributed by atoms with E-state index in [9.17, 15) is 14.9 Å². The van der Waals surface area contributed by atoms with E-state index < -0.39 is 4.92 Å². The molecule has 2 aromatic rings. The minimum Gasteiger partial charge on any atom is -0.317 e. The molecule has 0 unspecified atom stereocenters. The van der Waals surface area contributed by atoms with E-state index in [1.807, 2.05) is 6.20 Å². The lowest BCUT2D eigenvalue weighted by Gasteiger charge is -2.35. The lowest BCUT2D eigenvalue weighted by Crippen LogP contribution is -2.41. The first-order valence-electron chi connectivity index (χ1n) is 7.87. The number of carbonyl (C=O) groups is 1. The van der Waals surface area contributed by atoms with Crippen molar-refractivity contribution in [1.82, 2.24) is 15.1 Å². The van der Waals surface area contributed by atoms with Gasteiger partial charge in [-0.1, -0.05) is 0 Å². The number of benzene rings is 1. The van der Waals surface area contributed by atoms with Gasteiger partial charge in [0.05, 0.1) is 17.2 Å². The van der Waals surface area contributed by atoms with Crippen LogP contribution in [-0.2, 0) is 0 Å². The first-order valence-corrected chi connectivity index (χ1v) is 7.87. The lowest BCUT2D eigenvalue weighted by molar-refractivity contribution is -0.385. The SMILES string of the molecule is Cc1cc(NC(=O)N2CCCC[C@@H]2c2cn[nH]c2)ccc1[N+](=O)[O-]. The van der Waals surface area contributed by atoms with Crippen molar-refractivity contribution >= 4 is 17.4 Å². The van der Waals surface area contributed by atoms with Crippen LogP contribution in [0.1, 0.15) is 36.4 Å². The number of H-pyrrole nitrogens is 1. The number of carbonyl (C=O) groups excluding carboxylic acids is 1. The zero-order valence-corrected chi connectivity index (χ0v) is 13.4. The Morgan fingerprint density at radius 3 is 2.96 bits per heavy atom. The van der Waals surface area contributed by atoms with Crippen molar-refractivity contribution in [2.75, 3.05) is 11.9 Å². The Morgan fingerprint density at radius 2 is 2.29 bits per heavy atom. The molecule has 0 bridgehead atoms. The van der Waals surface area contributed by atoms with Crippen LogP contribution in [0.4, 0.5) is 16.2 Å². The number of nitrogens with zero attached hydrogens (tertiary/aromatic N) is 3. The number of aromatic amines is 1. The maximum Gasteiger partial charge on any atom is 0.322 e. The Bertz CT molecular complexity index is 744. The highest BCUT2D eigenvalue weighted by molar-refractivity contribution is 5.90. The van der Waals surface area contributed by atoms with E-state index in [1.165, 1.54) is 6.07 Å². The highest BCUT2D eigenvalue weighted by atomic mass is 16.6. The largest absolute Gasteiger partial charge is 0.322 e. The van der Waals surface area contributed by atoms with Crippen LogP contribution in [0.2, 0.25) is 0 Å². The molecule has 1 atom stereocenters. The second kappa shape index (κ2) is 6.69. The molecule has 126 valence electrons. The van der Waals surface area contributed by atoms with E-state index in [0.29, 0.717) is 17.8 Å². The Balaban J connectivity index is 1.76. The first-order chi connectivity index (χ1) is 11.6. The van der Waals surface area contributed by atoms with Gasteiger partial charge in [-0.3, -0.25) is 15.2 Å². The molecular formula is C16H19N5O3. The molecule has 1 aliphatic rings. The molecule has 0 spiro atoms. The highest BCUT2D eigenvalue weighted by Crippen LogP contribution is 2.31. The first kappa shape index (κ1) is 16.0. The van der Waals surface area contributed by atoms with Crippen molar-refractivity contribution in [2.45, 2.75) is 32.2 Å². The maximum atomic E-state index is 12.7. The van der Waals surface area contributed by atoms with Gasteiger partial charge in [-0.15, -0.1) is 0 Å². The zero-order chi connectivity index (χ0) is 17.1. The Morgan fingerprint density at radius 1 is 1.46 bits per heavy atom. The molecule has 1 aromatic carbocycles. The maximum absolute atomic E-state index is 12.7. The minimum atomic E-state index is -0.430. The number of aryl methyl sites for hydroxylation is 1. The number of piperidine rings is 1. The zero-order valence-electron chi connectivity index (χ0n) is 13.4. The van der Waals surface area contributed by atoms with Gasteiger partial charge in [0, 0.05) is 35.6 Å². The van der Waals surface area contributed by atoms with E-state index in [0.717, 1.165) is 24.8 Å². The standard InChI is InChI=1S/C16H19N5O3/c1-11-8-13(5-6-14(11)21(23)24)19-16(22)20-7-3-2-4-15(20)12-9-17-18-10-12/h5-6,8-10,15H,2-4,7H2,1H3,(H,17,18)(H,19,22)/t15-/m1/s1. The van der Waals surface area contributed by atoms with Crippen LogP contribution in [0.5, 0.6) is 0 Å². The smallest absolute Gasteiger partial charge is 0.317 e. The Labute approximate surface area is 139 Å². The van der Waals surface area contributed by atoms with Crippen molar-refractivity contribution in [3.05, 3.63) is 51.8 Å². The van der Waals surface area contributed by atoms with Crippen LogP contribution in [0.15, 0.2) is 30.6 Å². The summed E-state index contributed by atoms with van der Waals surface area (Å²) in [6, 6.07) is 4.38. The van der Waals surface area contributed by atoms with Crippen molar-refractivity contribution < 1.29 is 9.72 Å². The molecule has 8 nitrogen and oxygen atoms in total. The number of aromatic nitrogens is 2. The topological polar surface area (TPSA) is 104 Å². The molecule has 1 aliphatic heterocycles. The van der Waals surface area contributed by atoms with Crippen molar-refractivity contribution in [1.29, 1.82) is 0 Å². The van der Waals surface area contributed by atoms with E-state index in [-0.39, 0.29) is 17.8 Å². The van der Waals surface area contributed by atoms with Crippen LogP contribution >= 0.6 is 0 Å². The number of urea groups is 1. The van der Waals surface area contributed by atoms with Crippen LogP contribution in [-0.4, -0.2) is 32.6 Å². The fourth-order valence-electron chi connectivity index (χ4n) is 3.10. The van der Waals surface area contributed by atoms with E-state index in [2.05, 4.69) is 15.5 Å².